The van der Waals surface area contributed by atoms with Crippen molar-refractivity contribution in [2.24, 2.45) is 11.3 Å². The first kappa shape index (κ1) is 16.2. The number of aromatic amines is 1. The average Bonchev–Trinajstić information content (AvgIpc) is 2.99. The molecule has 0 saturated heterocycles. The van der Waals surface area contributed by atoms with E-state index < -0.39 is 0 Å². The maximum absolute atomic E-state index is 6.92. The van der Waals surface area contributed by atoms with Crippen LogP contribution in [0.25, 0.3) is 10.9 Å². The van der Waals surface area contributed by atoms with Crippen LogP contribution in [0.3, 0.4) is 0 Å². The van der Waals surface area contributed by atoms with Crippen LogP contribution in [0.4, 0.5) is 0 Å². The van der Waals surface area contributed by atoms with Crippen LogP contribution in [0.5, 0.6) is 0 Å². The number of H-pyrrole nitrogens is 1. The molecule has 2 aliphatic rings. The Kier molecular flexibility index (Phi) is 3.47. The predicted molar refractivity (Wildman–Crippen MR) is 101 cm³/mol. The van der Waals surface area contributed by atoms with Gasteiger partial charge in [0.05, 0.1) is 11.5 Å². The van der Waals surface area contributed by atoms with E-state index in [9.17, 15) is 0 Å². The summed E-state index contributed by atoms with van der Waals surface area (Å²) in [6, 6.07) is 6.94. The Labute approximate surface area is 149 Å². The lowest BCUT2D eigenvalue weighted by molar-refractivity contribution is -0.654. The highest BCUT2D eigenvalue weighted by Gasteiger charge is 2.57. The number of fused-ring (bicyclic) bond motifs is 2. The molecule has 2 aromatic rings. The summed E-state index contributed by atoms with van der Waals surface area (Å²) in [6.45, 7) is 11.1. The number of benzene rings is 1. The van der Waals surface area contributed by atoms with Crippen LogP contribution in [0.1, 0.15) is 44.2 Å². The monoisotopic (exact) mass is 342 g/mol. The SMILES string of the molecule is C=C[C@]1(C)[C@H](Cl)C[C@H]2[C@@H](c3c[nH]c4cccc(c34)C2(C)C)[C@H]1[NH2+][CH2-]. The fraction of sp³-hybridized carbons (Fsp3) is 0.476. The van der Waals surface area contributed by atoms with Crippen LogP contribution >= 0.6 is 11.6 Å². The third kappa shape index (κ3) is 1.82. The fourth-order valence-electron chi connectivity index (χ4n) is 5.50. The largest absolute Gasteiger partial charge is 0.475 e. The van der Waals surface area contributed by atoms with Crippen LogP contribution in [-0.2, 0) is 5.41 Å². The Balaban J connectivity index is 2.01. The van der Waals surface area contributed by atoms with E-state index in [2.05, 4.69) is 75.2 Å². The molecule has 128 valence electrons. The predicted octanol–water partition coefficient (Wildman–Crippen LogP) is 4.09. The van der Waals surface area contributed by atoms with E-state index in [1.807, 2.05) is 0 Å². The number of quaternary nitrogens is 1. The van der Waals surface area contributed by atoms with E-state index in [0.29, 0.717) is 17.9 Å². The van der Waals surface area contributed by atoms with Crippen LogP contribution in [0.15, 0.2) is 37.1 Å². The van der Waals surface area contributed by atoms with Gasteiger partial charge in [-0.3, -0.25) is 0 Å². The molecular weight excluding hydrogens is 316 g/mol. The van der Waals surface area contributed by atoms with E-state index in [4.69, 9.17) is 11.6 Å². The smallest absolute Gasteiger partial charge is 0.0797 e. The highest BCUT2D eigenvalue weighted by molar-refractivity contribution is 6.21. The molecule has 2 aliphatic carbocycles. The molecule has 0 unspecified atom stereocenters. The molecule has 1 saturated carbocycles. The molecule has 4 rings (SSSR count). The van der Waals surface area contributed by atoms with Crippen LogP contribution < -0.4 is 5.32 Å². The molecule has 24 heavy (non-hydrogen) atoms. The zero-order valence-corrected chi connectivity index (χ0v) is 15.5. The zero-order chi connectivity index (χ0) is 17.3. The van der Waals surface area contributed by atoms with Gasteiger partial charge in [-0.15, -0.1) is 18.2 Å². The number of hydrogen-bond donors (Lipinski definition) is 2. The maximum atomic E-state index is 6.92. The number of aromatic nitrogens is 1. The summed E-state index contributed by atoms with van der Waals surface area (Å²) in [7, 11) is 4.19. The number of nitrogens with two attached hydrogens (primary N) is 1. The van der Waals surface area contributed by atoms with Gasteiger partial charge in [-0.25, -0.2) is 0 Å². The van der Waals surface area contributed by atoms with E-state index in [-0.39, 0.29) is 16.2 Å². The standard InChI is InChI=1S/C21H27ClN2/c1-6-21(4)16(22)10-14-18(19(21)23-5)12-11-24-15-9-7-8-13(17(12)15)20(14,2)3/h6-9,11,14,16,18-19,24H,1,5,10,23H2,2-4H3/t14-,16+,18+,19+,21+/m0/s1. The van der Waals surface area contributed by atoms with E-state index in [0.717, 1.165) is 6.42 Å². The lowest BCUT2D eigenvalue weighted by atomic mass is 9.51. The second kappa shape index (κ2) is 5.12. The topological polar surface area (TPSA) is 32.4 Å². The molecule has 5 atom stereocenters. The molecule has 0 aliphatic heterocycles. The van der Waals surface area contributed by atoms with Crippen LogP contribution in [0, 0.1) is 18.4 Å². The lowest BCUT2D eigenvalue weighted by Crippen LogP contribution is -2.91. The van der Waals surface area contributed by atoms with Crippen LogP contribution in [-0.4, -0.2) is 16.4 Å². The van der Waals surface area contributed by atoms with Crippen molar-refractivity contribution in [2.75, 3.05) is 0 Å². The number of halogens is 1. The van der Waals surface area contributed by atoms with Crippen molar-refractivity contribution in [3.05, 3.63) is 55.2 Å². The molecule has 2 nitrogen and oxygen atoms in total. The summed E-state index contributed by atoms with van der Waals surface area (Å²) in [5.41, 5.74) is 4.09. The van der Waals surface area contributed by atoms with Gasteiger partial charge in [-0.1, -0.05) is 32.1 Å². The first-order valence-corrected chi connectivity index (χ1v) is 9.30. The molecule has 0 bridgehead atoms. The minimum atomic E-state index is -0.129. The Morgan fingerprint density at radius 2 is 2.12 bits per heavy atom. The number of alkyl halides is 1. The Morgan fingerprint density at radius 3 is 2.79 bits per heavy atom. The molecule has 0 radical (unpaired) electrons. The maximum Gasteiger partial charge on any atom is 0.0797 e. The second-order valence-corrected chi connectivity index (χ2v) is 8.89. The number of hydrogen-bond acceptors (Lipinski definition) is 0. The Morgan fingerprint density at radius 1 is 1.38 bits per heavy atom. The van der Waals surface area contributed by atoms with Crippen LogP contribution in [0.2, 0.25) is 0 Å². The third-order valence-electron chi connectivity index (χ3n) is 7.08. The Bertz CT molecular complexity index is 805. The summed E-state index contributed by atoms with van der Waals surface area (Å²) >= 11 is 6.92. The van der Waals surface area contributed by atoms with Gasteiger partial charge in [-0.05, 0) is 41.9 Å². The molecule has 0 spiro atoms. The van der Waals surface area contributed by atoms with E-state index in [1.165, 1.54) is 22.0 Å². The summed E-state index contributed by atoms with van der Waals surface area (Å²) in [5.74, 6) is 0.934. The lowest BCUT2D eigenvalue weighted by Gasteiger charge is -2.56. The van der Waals surface area contributed by atoms with Gasteiger partial charge in [0.2, 0.25) is 0 Å². The third-order valence-corrected chi connectivity index (χ3v) is 7.73. The fourth-order valence-corrected chi connectivity index (χ4v) is 5.93. The summed E-state index contributed by atoms with van der Waals surface area (Å²) in [6.07, 6.45) is 5.29. The van der Waals surface area contributed by atoms with E-state index >= 15 is 0 Å². The van der Waals surface area contributed by atoms with Crippen molar-refractivity contribution < 1.29 is 5.32 Å². The van der Waals surface area contributed by atoms with E-state index in [1.54, 1.807) is 0 Å². The van der Waals surface area contributed by atoms with Crippen molar-refractivity contribution in [1.29, 1.82) is 0 Å². The molecule has 1 fully saturated rings. The first-order valence-electron chi connectivity index (χ1n) is 8.87. The van der Waals surface area contributed by atoms with Gasteiger partial charge < -0.3 is 10.3 Å². The molecule has 1 aromatic heterocycles. The molecule has 0 amide bonds. The highest BCUT2D eigenvalue weighted by atomic mass is 35.5. The normalized spacial score (nSPS) is 37.2. The van der Waals surface area contributed by atoms with Crippen molar-refractivity contribution in [3.63, 3.8) is 0 Å². The number of nitrogens with one attached hydrogen (secondary N) is 1. The minimum Gasteiger partial charge on any atom is -0.475 e. The second-order valence-electron chi connectivity index (χ2n) is 8.36. The molecule has 1 aromatic carbocycles. The number of rotatable bonds is 2. The first-order chi connectivity index (χ1) is 11.4. The summed E-state index contributed by atoms with van der Waals surface area (Å²) in [5, 5.41) is 3.62. The molecule has 1 heterocycles. The van der Waals surface area contributed by atoms with Gasteiger partial charge >= 0.3 is 0 Å². The summed E-state index contributed by atoms with van der Waals surface area (Å²) in [4.78, 5) is 3.50. The van der Waals surface area contributed by atoms with Crippen molar-refractivity contribution in [1.82, 2.24) is 4.98 Å². The summed E-state index contributed by atoms with van der Waals surface area (Å²) < 4.78 is 0. The molecule has 3 N–H and O–H groups in total. The van der Waals surface area contributed by atoms with Gasteiger partial charge in [0.25, 0.3) is 0 Å². The zero-order valence-electron chi connectivity index (χ0n) is 14.8. The minimum absolute atomic E-state index is 0.0817. The van der Waals surface area contributed by atoms with Crippen molar-refractivity contribution >= 4 is 22.5 Å². The highest BCUT2D eigenvalue weighted by Crippen LogP contribution is 2.59. The average molecular weight is 343 g/mol. The van der Waals surface area contributed by atoms with Crippen molar-refractivity contribution in [2.45, 2.75) is 49.9 Å². The molecular formula is C21H27ClN2. The Hall–Kier alpha value is -1.25. The molecule has 3 heteroatoms. The quantitative estimate of drug-likeness (QED) is 0.468. The van der Waals surface area contributed by atoms with Gasteiger partial charge in [0.1, 0.15) is 0 Å². The van der Waals surface area contributed by atoms with Crippen molar-refractivity contribution in [3.8, 4) is 0 Å². The van der Waals surface area contributed by atoms with Gasteiger partial charge in [0, 0.05) is 28.4 Å². The van der Waals surface area contributed by atoms with Gasteiger partial charge in [-0.2, -0.15) is 7.05 Å². The van der Waals surface area contributed by atoms with Gasteiger partial charge in [0.15, 0.2) is 0 Å².